The number of amides is 1. The molecule has 1 saturated heterocycles. The Labute approximate surface area is 190 Å². The number of aromatic carboxylic acids is 1. The number of fused-ring (bicyclic) bond motifs is 1. The van der Waals surface area contributed by atoms with Gasteiger partial charge < -0.3 is 20.3 Å². The van der Waals surface area contributed by atoms with Crippen molar-refractivity contribution in [1.82, 2.24) is 23.9 Å². The molecule has 0 bridgehead atoms. The molecule has 5 rings (SSSR count). The zero-order valence-corrected chi connectivity index (χ0v) is 18.5. The Morgan fingerprint density at radius 2 is 2.06 bits per heavy atom. The summed E-state index contributed by atoms with van der Waals surface area (Å²) in [7, 11) is 0. The zero-order chi connectivity index (χ0) is 23.3. The van der Waals surface area contributed by atoms with E-state index in [9.17, 15) is 19.5 Å². The van der Waals surface area contributed by atoms with Gasteiger partial charge in [-0.1, -0.05) is 0 Å². The van der Waals surface area contributed by atoms with Gasteiger partial charge in [0, 0.05) is 36.5 Å². The van der Waals surface area contributed by atoms with Gasteiger partial charge in [0.1, 0.15) is 23.5 Å². The molecule has 0 radical (unpaired) electrons. The minimum Gasteiger partial charge on any atom is -0.477 e. The molecule has 1 aliphatic heterocycles. The fourth-order valence-corrected chi connectivity index (χ4v) is 4.36. The largest absolute Gasteiger partial charge is 0.477 e. The SMILES string of the molecule is Cc1ccc(NC(=O)C2CN(c3cc(C)c4c(=O)c(C(=O)O)cn(-c5ncns5)c4n3)C2)[nH]1. The number of carbonyl (C=O) groups is 2. The number of aryl methyl sites for hydroxylation is 2. The molecule has 3 N–H and O–H groups in total. The van der Waals surface area contributed by atoms with Crippen molar-refractivity contribution in [2.75, 3.05) is 23.3 Å². The van der Waals surface area contributed by atoms with Crippen LogP contribution in [0.5, 0.6) is 0 Å². The third-order valence-corrected chi connectivity index (χ3v) is 6.26. The van der Waals surface area contributed by atoms with Crippen molar-refractivity contribution in [2.24, 2.45) is 5.92 Å². The molecule has 1 aliphatic rings. The predicted octanol–water partition coefficient (Wildman–Crippen LogP) is 1.96. The maximum Gasteiger partial charge on any atom is 0.341 e. The Balaban J connectivity index is 1.48. The van der Waals surface area contributed by atoms with Gasteiger partial charge >= 0.3 is 5.97 Å². The van der Waals surface area contributed by atoms with Crippen LogP contribution in [-0.4, -0.2) is 54.0 Å². The topological polar surface area (TPSA) is 146 Å². The molecule has 0 atom stereocenters. The lowest BCUT2D eigenvalue weighted by Crippen LogP contribution is -2.52. The number of aromatic nitrogens is 5. The fourth-order valence-electron chi connectivity index (χ4n) is 3.85. The highest BCUT2D eigenvalue weighted by Gasteiger charge is 2.34. The molecule has 4 aromatic heterocycles. The summed E-state index contributed by atoms with van der Waals surface area (Å²) in [6.45, 7) is 4.59. The maximum absolute atomic E-state index is 12.9. The summed E-state index contributed by atoms with van der Waals surface area (Å²) in [6, 6.07) is 5.44. The van der Waals surface area contributed by atoms with Crippen LogP contribution in [-0.2, 0) is 4.79 Å². The number of carboxylic acids is 1. The number of H-pyrrole nitrogens is 1. The Hall–Kier alpha value is -4.06. The molecular formula is C21H19N7O4S. The molecule has 5 heterocycles. The highest BCUT2D eigenvalue weighted by Crippen LogP contribution is 2.28. The molecule has 33 heavy (non-hydrogen) atoms. The second kappa shape index (κ2) is 7.81. The number of nitrogens with zero attached hydrogens (tertiary/aromatic N) is 5. The normalized spacial score (nSPS) is 13.8. The predicted molar refractivity (Wildman–Crippen MR) is 122 cm³/mol. The van der Waals surface area contributed by atoms with Crippen LogP contribution in [0.2, 0.25) is 0 Å². The molecule has 0 aliphatic carbocycles. The van der Waals surface area contributed by atoms with Crippen LogP contribution >= 0.6 is 11.5 Å². The summed E-state index contributed by atoms with van der Waals surface area (Å²) in [5.41, 5.74) is 0.888. The lowest BCUT2D eigenvalue weighted by atomic mass is 9.98. The molecule has 11 nitrogen and oxygen atoms in total. The highest BCUT2D eigenvalue weighted by atomic mass is 32.1. The van der Waals surface area contributed by atoms with Crippen molar-refractivity contribution in [1.29, 1.82) is 0 Å². The summed E-state index contributed by atoms with van der Waals surface area (Å²) in [5.74, 6) is -0.349. The van der Waals surface area contributed by atoms with Crippen LogP contribution in [0.1, 0.15) is 21.6 Å². The van der Waals surface area contributed by atoms with E-state index in [1.54, 1.807) is 13.0 Å². The standard InChI is InChI=1S/C21H19N7O4S/c1-10-5-15(27-6-12(7-27)19(30)25-14-4-3-11(2)24-14)26-18-16(10)17(29)13(20(31)32)8-28(18)21-22-9-23-33-21/h3-5,8-9,12,24H,6-7H2,1-2H3,(H,25,30)(H,31,32). The van der Waals surface area contributed by atoms with E-state index in [0.717, 1.165) is 17.2 Å². The van der Waals surface area contributed by atoms with Gasteiger partial charge in [-0.05, 0) is 37.6 Å². The number of carboxylic acid groups (broad SMARTS) is 1. The molecule has 0 unspecified atom stereocenters. The number of nitrogens with one attached hydrogen (secondary N) is 2. The molecule has 4 aromatic rings. The Morgan fingerprint density at radius 1 is 1.27 bits per heavy atom. The first-order valence-electron chi connectivity index (χ1n) is 10.1. The van der Waals surface area contributed by atoms with E-state index in [-0.39, 0.29) is 22.8 Å². The molecule has 1 amide bonds. The molecule has 0 aromatic carbocycles. The fraction of sp³-hybridized carbons (Fsp3) is 0.238. The van der Waals surface area contributed by atoms with Gasteiger partial charge in [0.05, 0.1) is 11.3 Å². The monoisotopic (exact) mass is 465 g/mol. The number of carbonyl (C=O) groups excluding carboxylic acids is 1. The van der Waals surface area contributed by atoms with Gasteiger partial charge in [0.2, 0.25) is 16.5 Å². The lowest BCUT2D eigenvalue weighted by molar-refractivity contribution is -0.120. The van der Waals surface area contributed by atoms with Crippen molar-refractivity contribution in [2.45, 2.75) is 13.8 Å². The van der Waals surface area contributed by atoms with Gasteiger partial charge in [-0.3, -0.25) is 14.2 Å². The molecule has 168 valence electrons. The number of anilines is 2. The first-order valence-corrected chi connectivity index (χ1v) is 10.9. The number of pyridine rings is 2. The van der Waals surface area contributed by atoms with Crippen LogP contribution in [0, 0.1) is 19.8 Å². The number of aromatic amines is 1. The third kappa shape index (κ3) is 3.63. The average Bonchev–Trinajstić information content (AvgIpc) is 3.38. The van der Waals surface area contributed by atoms with E-state index in [1.807, 2.05) is 24.0 Å². The zero-order valence-electron chi connectivity index (χ0n) is 17.7. The van der Waals surface area contributed by atoms with E-state index >= 15 is 0 Å². The van der Waals surface area contributed by atoms with E-state index in [2.05, 4.69) is 24.6 Å². The summed E-state index contributed by atoms with van der Waals surface area (Å²) < 4.78 is 5.45. The second-order valence-electron chi connectivity index (χ2n) is 7.91. The lowest BCUT2D eigenvalue weighted by Gasteiger charge is -2.39. The van der Waals surface area contributed by atoms with Gasteiger partial charge in [0.25, 0.3) is 0 Å². The molecule has 0 saturated carbocycles. The molecule has 1 fully saturated rings. The summed E-state index contributed by atoms with van der Waals surface area (Å²) >= 11 is 1.06. The van der Waals surface area contributed by atoms with Crippen LogP contribution in [0.15, 0.2) is 35.5 Å². The second-order valence-corrected chi connectivity index (χ2v) is 8.67. The van der Waals surface area contributed by atoms with Crippen LogP contribution in [0.25, 0.3) is 16.2 Å². The number of hydrogen-bond acceptors (Lipinski definition) is 8. The average molecular weight is 465 g/mol. The smallest absolute Gasteiger partial charge is 0.341 e. The van der Waals surface area contributed by atoms with E-state index in [1.165, 1.54) is 17.1 Å². The highest BCUT2D eigenvalue weighted by molar-refractivity contribution is 7.08. The van der Waals surface area contributed by atoms with E-state index < -0.39 is 11.4 Å². The first-order chi connectivity index (χ1) is 15.8. The quantitative estimate of drug-likeness (QED) is 0.405. The molecule has 0 spiro atoms. The van der Waals surface area contributed by atoms with Crippen LogP contribution in [0.3, 0.4) is 0 Å². The van der Waals surface area contributed by atoms with Crippen molar-refractivity contribution in [3.63, 3.8) is 0 Å². The Morgan fingerprint density at radius 3 is 2.70 bits per heavy atom. The first kappa shape index (κ1) is 20.8. The van der Waals surface area contributed by atoms with Gasteiger partial charge in [-0.2, -0.15) is 4.37 Å². The van der Waals surface area contributed by atoms with Gasteiger partial charge in [0.15, 0.2) is 5.65 Å². The van der Waals surface area contributed by atoms with E-state index in [4.69, 9.17) is 0 Å². The summed E-state index contributed by atoms with van der Waals surface area (Å²) in [4.78, 5) is 50.8. The Bertz CT molecular complexity index is 1450. The molecule has 12 heteroatoms. The maximum atomic E-state index is 12.9. The van der Waals surface area contributed by atoms with Crippen LogP contribution in [0.4, 0.5) is 11.6 Å². The minimum absolute atomic E-state index is 0.0810. The molecular weight excluding hydrogens is 446 g/mol. The van der Waals surface area contributed by atoms with Gasteiger partial charge in [-0.25, -0.2) is 14.8 Å². The van der Waals surface area contributed by atoms with Crippen molar-refractivity contribution < 1.29 is 14.7 Å². The summed E-state index contributed by atoms with van der Waals surface area (Å²) in [5, 5.41) is 13.0. The van der Waals surface area contributed by atoms with Crippen molar-refractivity contribution in [3.8, 4) is 5.13 Å². The number of rotatable bonds is 5. The summed E-state index contributed by atoms with van der Waals surface area (Å²) in [6.07, 6.45) is 2.58. The number of hydrogen-bond donors (Lipinski definition) is 3. The Kier molecular flexibility index (Phi) is 4.93. The van der Waals surface area contributed by atoms with E-state index in [0.29, 0.717) is 41.1 Å². The van der Waals surface area contributed by atoms with Gasteiger partial charge in [-0.15, -0.1) is 0 Å². The third-order valence-electron chi connectivity index (χ3n) is 5.59. The van der Waals surface area contributed by atoms with Crippen molar-refractivity contribution >= 4 is 46.1 Å². The van der Waals surface area contributed by atoms with Crippen LogP contribution < -0.4 is 15.6 Å². The van der Waals surface area contributed by atoms with Crippen molar-refractivity contribution in [3.05, 3.63) is 57.8 Å². The minimum atomic E-state index is -1.32.